The van der Waals surface area contributed by atoms with Crippen LogP contribution >= 0.6 is 0 Å². The summed E-state index contributed by atoms with van der Waals surface area (Å²) in [6.45, 7) is 7.88. The van der Waals surface area contributed by atoms with Gasteiger partial charge in [0.1, 0.15) is 0 Å². The van der Waals surface area contributed by atoms with Crippen LogP contribution in [0.25, 0.3) is 0 Å². The summed E-state index contributed by atoms with van der Waals surface area (Å²) in [4.78, 5) is 2.13. The SMILES string of the molecule is CCN(CCO)CCOCCOCCOCCO. The molecule has 110 valence electrons. The number of likely N-dealkylation sites (N-methyl/N-ethyl adjacent to an activating group) is 1. The summed E-state index contributed by atoms with van der Waals surface area (Å²) in [5.74, 6) is 0. The molecule has 0 aromatic carbocycles. The lowest BCUT2D eigenvalue weighted by molar-refractivity contribution is 0.00431. The number of nitrogens with zero attached hydrogens (tertiary/aromatic N) is 1. The second-order valence-electron chi connectivity index (χ2n) is 3.72. The van der Waals surface area contributed by atoms with E-state index in [9.17, 15) is 0 Å². The molecule has 0 aliphatic heterocycles. The minimum Gasteiger partial charge on any atom is -0.395 e. The molecule has 0 bridgehead atoms. The first-order chi connectivity index (χ1) is 8.85. The van der Waals surface area contributed by atoms with Crippen LogP contribution in [-0.2, 0) is 14.2 Å². The fraction of sp³-hybridized carbons (Fsp3) is 1.00. The van der Waals surface area contributed by atoms with Crippen molar-refractivity contribution in [3.05, 3.63) is 0 Å². The van der Waals surface area contributed by atoms with Crippen molar-refractivity contribution >= 4 is 0 Å². The quantitative estimate of drug-likeness (QED) is 0.406. The Kier molecular flexibility index (Phi) is 14.6. The molecular formula is C12H27NO5. The topological polar surface area (TPSA) is 71.4 Å². The summed E-state index contributed by atoms with van der Waals surface area (Å²) in [5, 5.41) is 17.3. The zero-order chi connectivity index (χ0) is 13.5. The average Bonchev–Trinajstić information content (AvgIpc) is 2.39. The van der Waals surface area contributed by atoms with Gasteiger partial charge in [0.2, 0.25) is 0 Å². The van der Waals surface area contributed by atoms with E-state index >= 15 is 0 Å². The second kappa shape index (κ2) is 14.8. The van der Waals surface area contributed by atoms with Crippen molar-refractivity contribution in [2.24, 2.45) is 0 Å². The van der Waals surface area contributed by atoms with E-state index in [0.717, 1.165) is 13.1 Å². The minimum absolute atomic E-state index is 0.0465. The molecule has 0 aliphatic carbocycles. The van der Waals surface area contributed by atoms with Crippen LogP contribution in [0, 0.1) is 0 Å². The molecule has 0 aliphatic rings. The van der Waals surface area contributed by atoms with Crippen molar-refractivity contribution in [1.29, 1.82) is 0 Å². The minimum atomic E-state index is 0.0465. The van der Waals surface area contributed by atoms with Gasteiger partial charge in [-0.3, -0.25) is 4.90 Å². The van der Waals surface area contributed by atoms with Gasteiger partial charge in [-0.15, -0.1) is 0 Å². The fourth-order valence-electron chi connectivity index (χ4n) is 1.37. The van der Waals surface area contributed by atoms with Gasteiger partial charge in [0.15, 0.2) is 0 Å². The zero-order valence-electron chi connectivity index (χ0n) is 11.3. The predicted octanol–water partition coefficient (Wildman–Crippen LogP) is -0.657. The molecule has 0 unspecified atom stereocenters. The Balaban J connectivity index is 3.10. The number of hydrogen-bond acceptors (Lipinski definition) is 6. The Labute approximate surface area is 109 Å². The maximum atomic E-state index is 8.80. The van der Waals surface area contributed by atoms with E-state index in [-0.39, 0.29) is 13.2 Å². The summed E-state index contributed by atoms with van der Waals surface area (Å²) in [7, 11) is 0. The van der Waals surface area contributed by atoms with E-state index in [1.54, 1.807) is 0 Å². The molecule has 6 nitrogen and oxygen atoms in total. The third kappa shape index (κ3) is 12.2. The molecule has 0 saturated heterocycles. The van der Waals surface area contributed by atoms with E-state index in [1.807, 2.05) is 0 Å². The van der Waals surface area contributed by atoms with E-state index < -0.39 is 0 Å². The highest BCUT2D eigenvalue weighted by molar-refractivity contribution is 4.52. The highest BCUT2D eigenvalue weighted by Gasteiger charge is 2.00. The van der Waals surface area contributed by atoms with Crippen molar-refractivity contribution in [2.45, 2.75) is 6.92 Å². The molecule has 0 saturated carbocycles. The summed E-state index contributed by atoms with van der Waals surface area (Å²) >= 11 is 0. The molecule has 0 amide bonds. The number of aliphatic hydroxyl groups is 2. The Morgan fingerprint density at radius 1 is 0.722 bits per heavy atom. The maximum Gasteiger partial charge on any atom is 0.0701 e. The number of rotatable bonds is 14. The third-order valence-corrected chi connectivity index (χ3v) is 2.39. The van der Waals surface area contributed by atoms with Crippen molar-refractivity contribution in [3.8, 4) is 0 Å². The normalized spacial score (nSPS) is 11.3. The molecule has 2 N–H and O–H groups in total. The largest absolute Gasteiger partial charge is 0.395 e. The standard InChI is InChI=1S/C12H27NO5/c1-2-13(3-5-14)4-7-16-9-11-18-12-10-17-8-6-15/h14-15H,2-12H2,1H3. The smallest absolute Gasteiger partial charge is 0.0701 e. The summed E-state index contributed by atoms with van der Waals surface area (Å²) in [5.41, 5.74) is 0. The van der Waals surface area contributed by atoms with Crippen molar-refractivity contribution in [3.63, 3.8) is 0 Å². The molecule has 0 fully saturated rings. The predicted molar refractivity (Wildman–Crippen MR) is 68.7 cm³/mol. The van der Waals surface area contributed by atoms with Crippen LogP contribution in [0.15, 0.2) is 0 Å². The van der Waals surface area contributed by atoms with Gasteiger partial charge in [0, 0.05) is 13.1 Å². The lowest BCUT2D eigenvalue weighted by atomic mass is 10.5. The van der Waals surface area contributed by atoms with Gasteiger partial charge in [0.25, 0.3) is 0 Å². The van der Waals surface area contributed by atoms with E-state index in [0.29, 0.717) is 46.2 Å². The Morgan fingerprint density at radius 2 is 1.28 bits per heavy atom. The van der Waals surface area contributed by atoms with Crippen LogP contribution < -0.4 is 0 Å². The van der Waals surface area contributed by atoms with Crippen LogP contribution in [0.4, 0.5) is 0 Å². The summed E-state index contributed by atoms with van der Waals surface area (Å²) in [6, 6.07) is 0. The number of ether oxygens (including phenoxy) is 3. The zero-order valence-corrected chi connectivity index (χ0v) is 11.3. The monoisotopic (exact) mass is 265 g/mol. The first-order valence-electron chi connectivity index (χ1n) is 6.52. The van der Waals surface area contributed by atoms with Crippen molar-refractivity contribution < 1.29 is 24.4 Å². The Bertz CT molecular complexity index is 159. The summed E-state index contributed by atoms with van der Waals surface area (Å²) < 4.78 is 15.7. The average molecular weight is 265 g/mol. The second-order valence-corrected chi connectivity index (χ2v) is 3.72. The molecule has 0 heterocycles. The number of hydrogen-bond donors (Lipinski definition) is 2. The van der Waals surface area contributed by atoms with Crippen LogP contribution in [0.1, 0.15) is 6.92 Å². The maximum absolute atomic E-state index is 8.80. The van der Waals surface area contributed by atoms with Crippen molar-refractivity contribution in [2.75, 3.05) is 72.5 Å². The molecule has 6 heteroatoms. The lowest BCUT2D eigenvalue weighted by Crippen LogP contribution is -2.30. The third-order valence-electron chi connectivity index (χ3n) is 2.39. The van der Waals surface area contributed by atoms with Gasteiger partial charge in [-0.1, -0.05) is 6.92 Å². The van der Waals surface area contributed by atoms with Crippen LogP contribution in [0.2, 0.25) is 0 Å². The van der Waals surface area contributed by atoms with E-state index in [1.165, 1.54) is 0 Å². The number of aliphatic hydroxyl groups excluding tert-OH is 2. The molecule has 0 atom stereocenters. The lowest BCUT2D eigenvalue weighted by Gasteiger charge is -2.18. The molecule has 18 heavy (non-hydrogen) atoms. The highest BCUT2D eigenvalue weighted by atomic mass is 16.5. The van der Waals surface area contributed by atoms with E-state index in [4.69, 9.17) is 24.4 Å². The molecule has 0 radical (unpaired) electrons. The Hall–Kier alpha value is -0.240. The first kappa shape index (κ1) is 17.8. The molecule has 0 aromatic heterocycles. The summed E-state index contributed by atoms with van der Waals surface area (Å²) in [6.07, 6.45) is 0. The van der Waals surface area contributed by atoms with Gasteiger partial charge in [-0.2, -0.15) is 0 Å². The molecule has 0 aromatic rings. The van der Waals surface area contributed by atoms with Crippen LogP contribution in [0.5, 0.6) is 0 Å². The van der Waals surface area contributed by atoms with Crippen LogP contribution in [-0.4, -0.2) is 87.6 Å². The van der Waals surface area contributed by atoms with Gasteiger partial charge in [-0.25, -0.2) is 0 Å². The Morgan fingerprint density at radius 3 is 1.78 bits per heavy atom. The molecule has 0 rings (SSSR count). The van der Waals surface area contributed by atoms with E-state index in [2.05, 4.69) is 11.8 Å². The van der Waals surface area contributed by atoms with Gasteiger partial charge in [0.05, 0.1) is 52.9 Å². The van der Waals surface area contributed by atoms with Crippen LogP contribution in [0.3, 0.4) is 0 Å². The van der Waals surface area contributed by atoms with Gasteiger partial charge < -0.3 is 24.4 Å². The first-order valence-corrected chi connectivity index (χ1v) is 6.52. The molecular weight excluding hydrogens is 238 g/mol. The van der Waals surface area contributed by atoms with Gasteiger partial charge >= 0.3 is 0 Å². The van der Waals surface area contributed by atoms with Gasteiger partial charge in [-0.05, 0) is 6.54 Å². The van der Waals surface area contributed by atoms with Crippen molar-refractivity contribution in [1.82, 2.24) is 4.90 Å². The fourth-order valence-corrected chi connectivity index (χ4v) is 1.37. The molecule has 0 spiro atoms. The highest BCUT2D eigenvalue weighted by Crippen LogP contribution is 1.88.